The molecular formula is C16H19F2NOS. The molecule has 2 rings (SSSR count). The van der Waals surface area contributed by atoms with E-state index < -0.39 is 17.7 Å². The van der Waals surface area contributed by atoms with Crippen LogP contribution in [0.3, 0.4) is 0 Å². The average molecular weight is 311 g/mol. The van der Waals surface area contributed by atoms with E-state index in [0.717, 1.165) is 16.8 Å². The molecule has 0 spiro atoms. The second-order valence-corrected chi connectivity index (χ2v) is 7.16. The molecule has 5 heteroatoms. The Hall–Kier alpha value is -1.33. The topological polar surface area (TPSA) is 33.1 Å². The van der Waals surface area contributed by atoms with Gasteiger partial charge in [-0.25, -0.2) is 13.8 Å². The average Bonchev–Trinajstić information content (AvgIpc) is 2.75. The second kappa shape index (κ2) is 6.20. The summed E-state index contributed by atoms with van der Waals surface area (Å²) in [5.74, 6) is -1.25. The molecular weight excluding hydrogens is 292 g/mol. The molecule has 1 N–H and O–H groups in total. The summed E-state index contributed by atoms with van der Waals surface area (Å²) in [4.78, 5) is 4.51. The monoisotopic (exact) mass is 311 g/mol. The van der Waals surface area contributed by atoms with Gasteiger partial charge in [0.05, 0.1) is 16.8 Å². The molecule has 0 aliphatic heterocycles. The molecule has 114 valence electrons. The Labute approximate surface area is 127 Å². The summed E-state index contributed by atoms with van der Waals surface area (Å²) >= 11 is 1.50. The molecule has 0 amide bonds. The minimum absolute atomic E-state index is 0.0224. The zero-order valence-corrected chi connectivity index (χ0v) is 13.2. The zero-order chi connectivity index (χ0) is 15.6. The highest BCUT2D eigenvalue weighted by Gasteiger charge is 2.18. The van der Waals surface area contributed by atoms with E-state index in [1.807, 2.05) is 5.38 Å². The number of nitrogens with zero attached hydrogens (tertiary/aromatic N) is 1. The third-order valence-electron chi connectivity index (χ3n) is 3.12. The van der Waals surface area contributed by atoms with Crippen molar-refractivity contribution in [3.05, 3.63) is 51.5 Å². The first-order valence-corrected chi connectivity index (χ1v) is 7.70. The quantitative estimate of drug-likeness (QED) is 0.930. The summed E-state index contributed by atoms with van der Waals surface area (Å²) in [6, 6.07) is 3.32. The first-order chi connectivity index (χ1) is 9.74. The summed E-state index contributed by atoms with van der Waals surface area (Å²) < 4.78 is 26.2. The number of rotatable bonds is 4. The van der Waals surface area contributed by atoms with E-state index in [9.17, 15) is 13.9 Å². The van der Waals surface area contributed by atoms with Crippen molar-refractivity contribution in [1.82, 2.24) is 4.98 Å². The number of hydrogen-bond acceptors (Lipinski definition) is 3. The molecule has 1 unspecified atom stereocenters. The lowest BCUT2D eigenvalue weighted by Crippen LogP contribution is -2.15. The SMILES string of the molecule is CC(C)(C)c1csc(CC(O)Cc2cc(F)cc(F)c2)n1. The summed E-state index contributed by atoms with van der Waals surface area (Å²) in [5, 5.41) is 12.9. The van der Waals surface area contributed by atoms with Crippen LogP contribution in [0.4, 0.5) is 8.78 Å². The minimum atomic E-state index is -0.704. The highest BCUT2D eigenvalue weighted by Crippen LogP contribution is 2.24. The maximum atomic E-state index is 13.1. The van der Waals surface area contributed by atoms with Crippen molar-refractivity contribution in [2.75, 3.05) is 0 Å². The Bertz CT molecular complexity index is 599. The van der Waals surface area contributed by atoms with Gasteiger partial charge in [-0.1, -0.05) is 20.8 Å². The van der Waals surface area contributed by atoms with Crippen LogP contribution in [0.15, 0.2) is 23.6 Å². The number of benzene rings is 1. The van der Waals surface area contributed by atoms with Crippen molar-refractivity contribution in [2.24, 2.45) is 0 Å². The van der Waals surface area contributed by atoms with Crippen molar-refractivity contribution in [3.63, 3.8) is 0 Å². The molecule has 1 aromatic carbocycles. The smallest absolute Gasteiger partial charge is 0.126 e. The highest BCUT2D eigenvalue weighted by atomic mass is 32.1. The molecule has 0 radical (unpaired) electrons. The standard InChI is InChI=1S/C16H19F2NOS/c1-16(2,3)14-9-21-15(19-14)8-13(20)6-10-4-11(17)7-12(18)5-10/h4-5,7,9,13,20H,6,8H2,1-3H3. The van der Waals surface area contributed by atoms with Gasteiger partial charge in [-0.2, -0.15) is 0 Å². The van der Waals surface area contributed by atoms with E-state index in [4.69, 9.17) is 0 Å². The Balaban J connectivity index is 2.01. The van der Waals surface area contributed by atoms with Gasteiger partial charge in [0.2, 0.25) is 0 Å². The largest absolute Gasteiger partial charge is 0.392 e. The first kappa shape index (κ1) is 16.0. The molecule has 2 aromatic rings. The fraction of sp³-hybridized carbons (Fsp3) is 0.438. The van der Waals surface area contributed by atoms with Gasteiger partial charge in [-0.05, 0) is 24.1 Å². The van der Waals surface area contributed by atoms with Gasteiger partial charge in [0, 0.05) is 23.3 Å². The first-order valence-electron chi connectivity index (χ1n) is 6.82. The molecule has 21 heavy (non-hydrogen) atoms. The van der Waals surface area contributed by atoms with Crippen molar-refractivity contribution >= 4 is 11.3 Å². The molecule has 1 heterocycles. The van der Waals surface area contributed by atoms with Gasteiger partial charge < -0.3 is 5.11 Å². The number of hydrogen-bond donors (Lipinski definition) is 1. The lowest BCUT2D eigenvalue weighted by atomic mass is 9.93. The molecule has 0 aliphatic rings. The predicted octanol–water partition coefficient (Wildman–Crippen LogP) is 3.86. The fourth-order valence-corrected chi connectivity index (χ4v) is 3.12. The number of aromatic nitrogens is 1. The lowest BCUT2D eigenvalue weighted by molar-refractivity contribution is 0.175. The summed E-state index contributed by atoms with van der Waals surface area (Å²) in [7, 11) is 0. The third kappa shape index (κ3) is 4.58. The zero-order valence-electron chi connectivity index (χ0n) is 12.4. The van der Waals surface area contributed by atoms with Crippen LogP contribution in [0.2, 0.25) is 0 Å². The van der Waals surface area contributed by atoms with E-state index in [1.54, 1.807) is 0 Å². The number of thiazole rings is 1. The number of aliphatic hydroxyl groups excluding tert-OH is 1. The van der Waals surface area contributed by atoms with Crippen LogP contribution in [-0.4, -0.2) is 16.2 Å². The fourth-order valence-electron chi connectivity index (χ4n) is 2.02. The van der Waals surface area contributed by atoms with E-state index >= 15 is 0 Å². The Morgan fingerprint density at radius 1 is 1.14 bits per heavy atom. The molecule has 0 fully saturated rings. The van der Waals surface area contributed by atoms with Gasteiger partial charge in [0.25, 0.3) is 0 Å². The normalized spacial score (nSPS) is 13.4. The van der Waals surface area contributed by atoms with Crippen LogP contribution in [0.1, 0.15) is 37.0 Å². The summed E-state index contributed by atoms with van der Waals surface area (Å²) in [6.45, 7) is 6.24. The maximum absolute atomic E-state index is 13.1. The minimum Gasteiger partial charge on any atom is -0.392 e. The summed E-state index contributed by atoms with van der Waals surface area (Å²) in [5.41, 5.74) is 1.42. The second-order valence-electron chi connectivity index (χ2n) is 6.22. The van der Waals surface area contributed by atoms with Gasteiger partial charge in [0.15, 0.2) is 0 Å². The van der Waals surface area contributed by atoms with Crippen molar-refractivity contribution in [2.45, 2.75) is 45.1 Å². The Morgan fingerprint density at radius 2 is 1.76 bits per heavy atom. The third-order valence-corrected chi connectivity index (χ3v) is 4.00. The van der Waals surface area contributed by atoms with Gasteiger partial charge in [0.1, 0.15) is 11.6 Å². The number of halogens is 2. The van der Waals surface area contributed by atoms with Gasteiger partial charge in [-0.3, -0.25) is 0 Å². The van der Waals surface area contributed by atoms with Gasteiger partial charge in [-0.15, -0.1) is 11.3 Å². The maximum Gasteiger partial charge on any atom is 0.126 e. The van der Waals surface area contributed by atoms with Crippen molar-refractivity contribution in [3.8, 4) is 0 Å². The summed E-state index contributed by atoms with van der Waals surface area (Å²) in [6.07, 6.45) is -0.108. The Kier molecular flexibility index (Phi) is 4.74. The molecule has 0 aliphatic carbocycles. The highest BCUT2D eigenvalue weighted by molar-refractivity contribution is 7.09. The molecule has 2 nitrogen and oxygen atoms in total. The van der Waals surface area contributed by atoms with Crippen molar-refractivity contribution < 1.29 is 13.9 Å². The van der Waals surface area contributed by atoms with Crippen LogP contribution in [0, 0.1) is 11.6 Å². The molecule has 1 atom stereocenters. The molecule has 1 aromatic heterocycles. The van der Waals surface area contributed by atoms with E-state index in [1.165, 1.54) is 23.5 Å². The van der Waals surface area contributed by atoms with Crippen LogP contribution in [0.5, 0.6) is 0 Å². The van der Waals surface area contributed by atoms with Gasteiger partial charge >= 0.3 is 0 Å². The lowest BCUT2D eigenvalue weighted by Gasteiger charge is -2.14. The van der Waals surface area contributed by atoms with Crippen LogP contribution >= 0.6 is 11.3 Å². The van der Waals surface area contributed by atoms with Crippen LogP contribution in [0.25, 0.3) is 0 Å². The van der Waals surface area contributed by atoms with Crippen LogP contribution < -0.4 is 0 Å². The van der Waals surface area contributed by atoms with Crippen molar-refractivity contribution in [1.29, 1.82) is 0 Å². The predicted molar refractivity (Wildman–Crippen MR) is 80.6 cm³/mol. The Morgan fingerprint density at radius 3 is 2.29 bits per heavy atom. The molecule has 0 saturated heterocycles. The van der Waals surface area contributed by atoms with E-state index in [-0.39, 0.29) is 11.8 Å². The molecule has 0 bridgehead atoms. The molecule has 0 saturated carbocycles. The van der Waals surface area contributed by atoms with E-state index in [2.05, 4.69) is 25.8 Å². The van der Waals surface area contributed by atoms with Crippen LogP contribution in [-0.2, 0) is 18.3 Å². The number of aliphatic hydroxyl groups is 1. The van der Waals surface area contributed by atoms with E-state index in [0.29, 0.717) is 12.0 Å².